The van der Waals surface area contributed by atoms with Crippen molar-refractivity contribution in [1.82, 2.24) is 0 Å². The zero-order valence-electron chi connectivity index (χ0n) is 14.9. The third-order valence-corrected chi connectivity index (χ3v) is 4.89. The Balaban J connectivity index is 1.63. The lowest BCUT2D eigenvalue weighted by Crippen LogP contribution is -1.96. The lowest BCUT2D eigenvalue weighted by Gasteiger charge is -2.09. The molecule has 1 fully saturated rings. The second kappa shape index (κ2) is 7.20. The Labute approximate surface area is 156 Å². The molecule has 1 atom stereocenters. The Morgan fingerprint density at radius 2 is 1.52 bits per heavy atom. The summed E-state index contributed by atoms with van der Waals surface area (Å²) in [7, 11) is 0. The van der Waals surface area contributed by atoms with Gasteiger partial charge in [0.1, 0.15) is 11.9 Å². The fourth-order valence-corrected chi connectivity index (χ4v) is 3.30. The van der Waals surface area contributed by atoms with Gasteiger partial charge in [-0.1, -0.05) is 61.9 Å². The maximum absolute atomic E-state index is 14.4. The van der Waals surface area contributed by atoms with Crippen LogP contribution in [0.2, 0.25) is 0 Å². The molecule has 0 N–H and O–H groups in total. The minimum Gasteiger partial charge on any atom is -0.368 e. The summed E-state index contributed by atoms with van der Waals surface area (Å²) < 4.78 is 47.9. The molecular formula is C23H19F3O. The van der Waals surface area contributed by atoms with Crippen molar-refractivity contribution in [2.45, 2.75) is 25.9 Å². The third-order valence-electron chi connectivity index (χ3n) is 4.89. The third kappa shape index (κ3) is 3.50. The highest BCUT2D eigenvalue weighted by Crippen LogP contribution is 2.36. The van der Waals surface area contributed by atoms with Gasteiger partial charge in [-0.25, -0.2) is 13.2 Å². The van der Waals surface area contributed by atoms with Crippen LogP contribution in [-0.2, 0) is 11.2 Å². The van der Waals surface area contributed by atoms with Gasteiger partial charge in [0.15, 0.2) is 11.6 Å². The zero-order chi connectivity index (χ0) is 19.0. The largest absolute Gasteiger partial charge is 0.368 e. The Bertz CT molecular complexity index is 976. The molecule has 0 aliphatic carbocycles. The molecule has 0 radical (unpaired) electrons. The second-order valence-corrected chi connectivity index (χ2v) is 6.79. The van der Waals surface area contributed by atoms with Crippen LogP contribution in [0.25, 0.3) is 22.3 Å². The molecule has 1 unspecified atom stereocenters. The van der Waals surface area contributed by atoms with Crippen LogP contribution in [0.1, 0.15) is 30.6 Å². The van der Waals surface area contributed by atoms with E-state index in [1.165, 1.54) is 6.07 Å². The average molecular weight is 368 g/mol. The lowest BCUT2D eigenvalue weighted by atomic mass is 9.97. The number of hydrogen-bond donors (Lipinski definition) is 0. The Hall–Kier alpha value is -2.59. The van der Waals surface area contributed by atoms with Crippen molar-refractivity contribution < 1.29 is 17.9 Å². The van der Waals surface area contributed by atoms with E-state index in [1.807, 2.05) is 13.0 Å². The fourth-order valence-electron chi connectivity index (χ4n) is 3.30. The molecule has 4 rings (SSSR count). The van der Waals surface area contributed by atoms with Crippen molar-refractivity contribution in [3.05, 3.63) is 83.2 Å². The second-order valence-electron chi connectivity index (χ2n) is 6.79. The predicted octanol–water partition coefficient (Wildman–Crippen LogP) is 6.46. The molecule has 1 aliphatic rings. The van der Waals surface area contributed by atoms with Gasteiger partial charge in [0.2, 0.25) is 0 Å². The molecule has 0 amide bonds. The van der Waals surface area contributed by atoms with E-state index in [2.05, 4.69) is 0 Å². The molecular weight excluding hydrogens is 349 g/mol. The summed E-state index contributed by atoms with van der Waals surface area (Å²) in [5.74, 6) is -1.94. The van der Waals surface area contributed by atoms with Crippen molar-refractivity contribution in [1.29, 1.82) is 0 Å². The first-order valence-corrected chi connectivity index (χ1v) is 9.07. The van der Waals surface area contributed by atoms with E-state index < -0.39 is 11.6 Å². The van der Waals surface area contributed by atoms with Crippen LogP contribution in [0.3, 0.4) is 0 Å². The van der Waals surface area contributed by atoms with Crippen molar-refractivity contribution >= 4 is 0 Å². The van der Waals surface area contributed by atoms with Gasteiger partial charge in [-0.15, -0.1) is 0 Å². The summed E-state index contributed by atoms with van der Waals surface area (Å²) >= 11 is 0. The van der Waals surface area contributed by atoms with Gasteiger partial charge in [-0.05, 0) is 34.7 Å². The van der Waals surface area contributed by atoms with Crippen LogP contribution >= 0.6 is 0 Å². The van der Waals surface area contributed by atoms with Crippen LogP contribution in [0.15, 0.2) is 54.6 Å². The molecule has 0 aromatic heterocycles. The number of halogens is 3. The monoisotopic (exact) mass is 368 g/mol. The number of epoxide rings is 1. The van der Waals surface area contributed by atoms with Gasteiger partial charge in [0.25, 0.3) is 0 Å². The number of rotatable bonds is 5. The summed E-state index contributed by atoms with van der Waals surface area (Å²) in [5.41, 5.74) is 3.32. The molecule has 3 aromatic rings. The van der Waals surface area contributed by atoms with E-state index in [9.17, 15) is 13.2 Å². The Morgan fingerprint density at radius 1 is 0.852 bits per heavy atom. The molecule has 27 heavy (non-hydrogen) atoms. The van der Waals surface area contributed by atoms with Crippen LogP contribution in [-0.4, -0.2) is 6.61 Å². The molecule has 1 saturated heterocycles. The van der Waals surface area contributed by atoms with Crippen molar-refractivity contribution in [3.63, 3.8) is 0 Å². The first-order chi connectivity index (χ1) is 13.1. The molecule has 138 valence electrons. The predicted molar refractivity (Wildman–Crippen MR) is 99.9 cm³/mol. The van der Waals surface area contributed by atoms with Gasteiger partial charge >= 0.3 is 0 Å². The number of benzene rings is 3. The normalized spacial score (nSPS) is 15.8. The standard InChI is InChI=1S/C23H19F3O/c1-2-3-16-8-9-17(12-20(16)24)14-4-6-15(7-5-14)18-10-11-19(21-13-27-21)23(26)22(18)25/h4-12,21H,2-3,13H2,1H3. The smallest absolute Gasteiger partial charge is 0.167 e. The molecule has 1 aliphatic heterocycles. The van der Waals surface area contributed by atoms with Crippen LogP contribution in [0.4, 0.5) is 13.2 Å². The minimum atomic E-state index is -0.870. The molecule has 0 spiro atoms. The summed E-state index contributed by atoms with van der Waals surface area (Å²) in [6.45, 7) is 2.44. The Morgan fingerprint density at radius 3 is 2.15 bits per heavy atom. The zero-order valence-corrected chi connectivity index (χ0v) is 14.9. The van der Waals surface area contributed by atoms with E-state index in [1.54, 1.807) is 42.5 Å². The topological polar surface area (TPSA) is 12.5 Å². The number of hydrogen-bond acceptors (Lipinski definition) is 1. The molecule has 0 saturated carbocycles. The highest BCUT2D eigenvalue weighted by Gasteiger charge is 2.30. The van der Waals surface area contributed by atoms with Crippen molar-refractivity contribution in [2.75, 3.05) is 6.61 Å². The molecule has 1 heterocycles. The van der Waals surface area contributed by atoms with E-state index >= 15 is 0 Å². The molecule has 0 bridgehead atoms. The maximum atomic E-state index is 14.4. The van der Waals surface area contributed by atoms with E-state index in [4.69, 9.17) is 4.74 Å². The average Bonchev–Trinajstić information content (AvgIpc) is 3.51. The van der Waals surface area contributed by atoms with Gasteiger partial charge in [-0.3, -0.25) is 0 Å². The van der Waals surface area contributed by atoms with Crippen molar-refractivity contribution in [3.8, 4) is 22.3 Å². The maximum Gasteiger partial charge on any atom is 0.167 e. The summed E-state index contributed by atoms with van der Waals surface area (Å²) in [5, 5.41) is 0. The SMILES string of the molecule is CCCc1ccc(-c2ccc(-c3ccc(C4CO4)c(F)c3F)cc2)cc1F. The molecule has 4 heteroatoms. The van der Waals surface area contributed by atoms with Crippen LogP contribution < -0.4 is 0 Å². The van der Waals surface area contributed by atoms with E-state index in [-0.39, 0.29) is 23.0 Å². The van der Waals surface area contributed by atoms with Gasteiger partial charge < -0.3 is 4.74 Å². The van der Waals surface area contributed by atoms with Crippen LogP contribution in [0, 0.1) is 17.5 Å². The minimum absolute atomic E-state index is 0.202. The lowest BCUT2D eigenvalue weighted by molar-refractivity contribution is 0.401. The van der Waals surface area contributed by atoms with E-state index in [0.717, 1.165) is 17.5 Å². The number of ether oxygens (including phenoxy) is 1. The highest BCUT2D eigenvalue weighted by molar-refractivity contribution is 5.71. The van der Waals surface area contributed by atoms with Gasteiger partial charge in [-0.2, -0.15) is 0 Å². The highest BCUT2D eigenvalue weighted by atomic mass is 19.2. The fraction of sp³-hybridized carbons (Fsp3) is 0.217. The van der Waals surface area contributed by atoms with Crippen molar-refractivity contribution in [2.24, 2.45) is 0 Å². The summed E-state index contributed by atoms with van der Waals surface area (Å²) in [6, 6.07) is 15.4. The molecule has 1 nitrogen and oxygen atoms in total. The summed E-state index contributed by atoms with van der Waals surface area (Å²) in [4.78, 5) is 0. The van der Waals surface area contributed by atoms with E-state index in [0.29, 0.717) is 24.2 Å². The first kappa shape index (κ1) is 17.8. The molecule has 3 aromatic carbocycles. The van der Waals surface area contributed by atoms with Gasteiger partial charge in [0, 0.05) is 11.1 Å². The van der Waals surface area contributed by atoms with Gasteiger partial charge in [0.05, 0.1) is 6.61 Å². The van der Waals surface area contributed by atoms with Crippen LogP contribution in [0.5, 0.6) is 0 Å². The quantitative estimate of drug-likeness (QED) is 0.471. The Kier molecular flexibility index (Phi) is 4.75. The summed E-state index contributed by atoms with van der Waals surface area (Å²) in [6.07, 6.45) is 1.26. The first-order valence-electron chi connectivity index (χ1n) is 9.07. The number of aryl methyl sites for hydroxylation is 1.